The first-order valence-electron chi connectivity index (χ1n) is 3.32. The maximum absolute atomic E-state index is 5.70. The molecule has 0 radical (unpaired) electrons. The summed E-state index contributed by atoms with van der Waals surface area (Å²) in [5.41, 5.74) is 12.8. The average Bonchev–Trinajstić information content (AvgIpc) is 2.34. The van der Waals surface area contributed by atoms with Crippen LogP contribution in [0.5, 0.6) is 0 Å². The van der Waals surface area contributed by atoms with Gasteiger partial charge in [0.2, 0.25) is 0 Å². The molecule has 0 fully saturated rings. The zero-order valence-electron chi connectivity index (χ0n) is 6.00. The van der Waals surface area contributed by atoms with Crippen LogP contribution < -0.4 is 11.5 Å². The summed E-state index contributed by atoms with van der Waals surface area (Å²) in [7, 11) is 0. The van der Waals surface area contributed by atoms with Crippen LogP contribution in [0.4, 0.5) is 5.69 Å². The second-order valence-corrected chi connectivity index (χ2v) is 2.30. The molecule has 1 atom stereocenters. The average molecular weight is 140 g/mol. The number of hydrogen-bond acceptors (Lipinski definition) is 3. The van der Waals surface area contributed by atoms with Gasteiger partial charge >= 0.3 is 0 Å². The minimum absolute atomic E-state index is 0.0127. The number of rotatable bonds is 2. The Morgan fingerprint density at radius 1 is 1.60 bits per heavy atom. The van der Waals surface area contributed by atoms with Gasteiger partial charge < -0.3 is 15.9 Å². The van der Waals surface area contributed by atoms with Gasteiger partial charge in [-0.05, 0) is 6.42 Å². The summed E-state index contributed by atoms with van der Waals surface area (Å²) in [6.45, 7) is 2.01. The van der Waals surface area contributed by atoms with Crippen molar-refractivity contribution in [3.8, 4) is 0 Å². The Kier molecular flexibility index (Phi) is 1.97. The van der Waals surface area contributed by atoms with Crippen molar-refractivity contribution >= 4 is 5.69 Å². The van der Waals surface area contributed by atoms with Gasteiger partial charge in [0.25, 0.3) is 0 Å². The van der Waals surface area contributed by atoms with Crippen LogP contribution in [-0.4, -0.2) is 0 Å². The van der Waals surface area contributed by atoms with Crippen LogP contribution in [0.25, 0.3) is 0 Å². The van der Waals surface area contributed by atoms with E-state index < -0.39 is 0 Å². The molecule has 1 rings (SSSR count). The highest BCUT2D eigenvalue weighted by molar-refractivity contribution is 5.44. The smallest absolute Gasteiger partial charge is 0.114 e. The second-order valence-electron chi connectivity index (χ2n) is 2.30. The molecule has 1 unspecified atom stereocenters. The Balaban J connectivity index is 2.82. The third-order valence-corrected chi connectivity index (χ3v) is 1.56. The van der Waals surface area contributed by atoms with Gasteiger partial charge in [-0.1, -0.05) is 6.92 Å². The third-order valence-electron chi connectivity index (χ3n) is 1.56. The third kappa shape index (κ3) is 1.14. The van der Waals surface area contributed by atoms with Gasteiger partial charge in [-0.15, -0.1) is 0 Å². The highest BCUT2D eigenvalue weighted by Gasteiger charge is 2.08. The molecule has 0 aliphatic carbocycles. The van der Waals surface area contributed by atoms with Gasteiger partial charge in [-0.3, -0.25) is 0 Å². The molecule has 3 nitrogen and oxygen atoms in total. The van der Waals surface area contributed by atoms with E-state index in [0.717, 1.165) is 12.0 Å². The summed E-state index contributed by atoms with van der Waals surface area (Å²) < 4.78 is 4.86. The molecular formula is C7H12N2O. The number of nitrogens with two attached hydrogens (primary N) is 2. The number of furan rings is 1. The molecule has 1 aromatic heterocycles. The molecule has 1 heterocycles. The lowest BCUT2D eigenvalue weighted by molar-refractivity contribution is 0.557. The molecule has 0 aromatic carbocycles. The fourth-order valence-electron chi connectivity index (χ4n) is 0.838. The van der Waals surface area contributed by atoms with Gasteiger partial charge in [0.05, 0.1) is 12.0 Å². The van der Waals surface area contributed by atoms with E-state index in [1.165, 1.54) is 6.26 Å². The fraction of sp³-hybridized carbons (Fsp3) is 0.429. The van der Waals surface area contributed by atoms with Crippen LogP contribution in [0, 0.1) is 0 Å². The lowest BCUT2D eigenvalue weighted by Gasteiger charge is -2.04. The Morgan fingerprint density at radius 2 is 2.30 bits per heavy atom. The van der Waals surface area contributed by atoms with Crippen molar-refractivity contribution < 1.29 is 4.42 Å². The van der Waals surface area contributed by atoms with Crippen molar-refractivity contribution in [3.05, 3.63) is 18.1 Å². The van der Waals surface area contributed by atoms with Crippen molar-refractivity contribution in [1.82, 2.24) is 0 Å². The zero-order chi connectivity index (χ0) is 7.56. The molecule has 4 N–H and O–H groups in total. The van der Waals surface area contributed by atoms with E-state index in [0.29, 0.717) is 5.69 Å². The summed E-state index contributed by atoms with van der Waals surface area (Å²) in [4.78, 5) is 0. The van der Waals surface area contributed by atoms with Crippen molar-refractivity contribution in [2.24, 2.45) is 5.73 Å². The minimum atomic E-state index is 0.0127. The summed E-state index contributed by atoms with van der Waals surface area (Å²) >= 11 is 0. The highest BCUT2D eigenvalue weighted by Crippen LogP contribution is 2.20. The predicted molar refractivity (Wildman–Crippen MR) is 40.3 cm³/mol. The van der Waals surface area contributed by atoms with Crippen molar-refractivity contribution in [3.63, 3.8) is 0 Å². The first-order valence-corrected chi connectivity index (χ1v) is 3.32. The van der Waals surface area contributed by atoms with Crippen LogP contribution in [0.1, 0.15) is 24.9 Å². The van der Waals surface area contributed by atoms with Gasteiger partial charge in [-0.2, -0.15) is 0 Å². The number of nitrogen functional groups attached to an aromatic ring is 1. The molecule has 0 saturated carbocycles. The topological polar surface area (TPSA) is 65.2 Å². The molecule has 1 aromatic rings. The lowest BCUT2D eigenvalue weighted by Crippen LogP contribution is -2.09. The molecule has 56 valence electrons. The summed E-state index contributed by atoms with van der Waals surface area (Å²) in [5.74, 6) is 0. The van der Waals surface area contributed by atoms with Crippen molar-refractivity contribution in [1.29, 1.82) is 0 Å². The van der Waals surface area contributed by atoms with E-state index in [-0.39, 0.29) is 6.04 Å². The van der Waals surface area contributed by atoms with E-state index >= 15 is 0 Å². The molecule has 10 heavy (non-hydrogen) atoms. The van der Waals surface area contributed by atoms with Gasteiger partial charge in [-0.25, -0.2) is 0 Å². The van der Waals surface area contributed by atoms with Gasteiger partial charge in [0.15, 0.2) is 0 Å². The normalized spacial score (nSPS) is 13.4. The predicted octanol–water partition coefficient (Wildman–Crippen LogP) is 1.27. The van der Waals surface area contributed by atoms with Crippen molar-refractivity contribution in [2.75, 3.05) is 5.73 Å². The van der Waals surface area contributed by atoms with E-state index in [2.05, 4.69) is 0 Å². The maximum Gasteiger partial charge on any atom is 0.114 e. The van der Waals surface area contributed by atoms with Crippen LogP contribution in [0.2, 0.25) is 0 Å². The molecule has 0 saturated heterocycles. The SMILES string of the molecule is CCC(N)c1cocc1N. The van der Waals surface area contributed by atoms with E-state index in [1.54, 1.807) is 6.26 Å². The van der Waals surface area contributed by atoms with E-state index in [9.17, 15) is 0 Å². The Labute approximate surface area is 60.0 Å². The summed E-state index contributed by atoms with van der Waals surface area (Å²) in [6.07, 6.45) is 3.98. The van der Waals surface area contributed by atoms with Gasteiger partial charge in [0.1, 0.15) is 6.26 Å². The van der Waals surface area contributed by atoms with Crippen LogP contribution in [0.3, 0.4) is 0 Å². The van der Waals surface area contributed by atoms with Crippen LogP contribution in [0.15, 0.2) is 16.9 Å². The lowest BCUT2D eigenvalue weighted by atomic mass is 10.1. The molecule has 0 aliphatic rings. The van der Waals surface area contributed by atoms with Crippen LogP contribution >= 0.6 is 0 Å². The molecule has 3 heteroatoms. The highest BCUT2D eigenvalue weighted by atomic mass is 16.3. The number of hydrogen-bond donors (Lipinski definition) is 2. The standard InChI is InChI=1S/C7H12N2O/c1-2-6(8)5-3-10-4-7(5)9/h3-4,6H,2,8-9H2,1H3. The molecule has 0 spiro atoms. The van der Waals surface area contributed by atoms with E-state index in [1.807, 2.05) is 6.92 Å². The fourth-order valence-corrected chi connectivity index (χ4v) is 0.838. The maximum atomic E-state index is 5.70. The minimum Gasteiger partial charge on any atom is -0.470 e. The first kappa shape index (κ1) is 7.15. The molecule has 0 bridgehead atoms. The van der Waals surface area contributed by atoms with Crippen molar-refractivity contribution in [2.45, 2.75) is 19.4 Å². The zero-order valence-corrected chi connectivity index (χ0v) is 6.00. The second kappa shape index (κ2) is 2.75. The Hall–Kier alpha value is -0.960. The summed E-state index contributed by atoms with van der Waals surface area (Å²) in [5, 5.41) is 0. The Morgan fingerprint density at radius 3 is 2.70 bits per heavy atom. The van der Waals surface area contributed by atoms with E-state index in [4.69, 9.17) is 15.9 Å². The largest absolute Gasteiger partial charge is 0.470 e. The molecular weight excluding hydrogens is 128 g/mol. The first-order chi connectivity index (χ1) is 4.75. The monoisotopic (exact) mass is 140 g/mol. The number of anilines is 1. The molecule has 0 aliphatic heterocycles. The Bertz CT molecular complexity index is 207. The quantitative estimate of drug-likeness (QED) is 0.650. The van der Waals surface area contributed by atoms with Gasteiger partial charge in [0, 0.05) is 11.6 Å². The molecule has 0 amide bonds. The summed E-state index contributed by atoms with van der Waals surface area (Å²) in [6, 6.07) is 0.0127. The van der Waals surface area contributed by atoms with Crippen LogP contribution in [-0.2, 0) is 0 Å².